The number of hydrogen-bond donors (Lipinski definition) is 0. The average molecular weight is 509 g/mol. The molecular formula is C38H52. The highest BCUT2D eigenvalue weighted by atomic mass is 14.0. The van der Waals surface area contributed by atoms with Gasteiger partial charge in [0.05, 0.1) is 0 Å². The Bertz CT molecular complexity index is 1200. The van der Waals surface area contributed by atoms with Gasteiger partial charge in [-0.05, 0) is 74.2 Å². The number of hydrogen-bond acceptors (Lipinski definition) is 0. The normalized spacial score (nSPS) is 9.05. The van der Waals surface area contributed by atoms with Crippen LogP contribution < -0.4 is 0 Å². The summed E-state index contributed by atoms with van der Waals surface area (Å²) in [6.07, 6.45) is 0. The zero-order chi connectivity index (χ0) is 29.1. The van der Waals surface area contributed by atoms with E-state index < -0.39 is 0 Å². The molecule has 0 saturated carbocycles. The Morgan fingerprint density at radius 1 is 0.316 bits per heavy atom. The molecule has 0 aliphatic heterocycles. The molecular weight excluding hydrogens is 456 g/mol. The van der Waals surface area contributed by atoms with Gasteiger partial charge in [0, 0.05) is 0 Å². The summed E-state index contributed by atoms with van der Waals surface area (Å²) in [5, 5.41) is 5.41. The Balaban J connectivity index is 0.000000499. The van der Waals surface area contributed by atoms with Crippen LogP contribution in [0, 0.1) is 41.5 Å². The maximum atomic E-state index is 2.22. The number of benzene rings is 5. The van der Waals surface area contributed by atoms with Gasteiger partial charge in [-0.2, -0.15) is 0 Å². The van der Waals surface area contributed by atoms with Crippen LogP contribution in [-0.2, 0) is 0 Å². The predicted molar refractivity (Wildman–Crippen MR) is 177 cm³/mol. The molecule has 0 heteroatoms. The highest BCUT2D eigenvalue weighted by molar-refractivity contribution is 5.88. The van der Waals surface area contributed by atoms with Gasteiger partial charge < -0.3 is 0 Å². The lowest BCUT2D eigenvalue weighted by Crippen LogP contribution is -1.80. The van der Waals surface area contributed by atoms with Gasteiger partial charge >= 0.3 is 0 Å². The fourth-order valence-corrected chi connectivity index (χ4v) is 3.72. The fraction of sp³-hybridized carbons (Fsp3) is 0.316. The molecule has 0 fully saturated rings. The number of rotatable bonds is 0. The maximum Gasteiger partial charge on any atom is -0.0152 e. The van der Waals surface area contributed by atoms with E-state index in [0.717, 1.165) is 0 Å². The van der Waals surface area contributed by atoms with Crippen molar-refractivity contribution in [3.63, 3.8) is 0 Å². The van der Waals surface area contributed by atoms with Gasteiger partial charge in [-0.1, -0.05) is 161 Å². The highest BCUT2D eigenvalue weighted by Gasteiger charge is 1.97. The number of fused-ring (bicyclic) bond motifs is 2. The first-order valence-corrected chi connectivity index (χ1v) is 14.3. The summed E-state index contributed by atoms with van der Waals surface area (Å²) >= 11 is 0. The Morgan fingerprint density at radius 3 is 0.921 bits per heavy atom. The fourth-order valence-electron chi connectivity index (χ4n) is 3.72. The summed E-state index contributed by atoms with van der Waals surface area (Å²) in [6, 6.07) is 34.5. The first kappa shape index (κ1) is 34.6. The van der Waals surface area contributed by atoms with E-state index in [1.165, 1.54) is 54.9 Å². The summed E-state index contributed by atoms with van der Waals surface area (Å²) in [7, 11) is 0. The SMILES string of the molecule is CC.CC.CC.Cc1ccc(C)c2ccccc12.Cc1ccc(C)cc1.Cc1ccc2cc(C)ccc2c1. The zero-order valence-electron chi connectivity index (χ0n) is 26.2. The summed E-state index contributed by atoms with van der Waals surface area (Å²) in [6.45, 7) is 24.8. The van der Waals surface area contributed by atoms with Crippen LogP contribution in [-0.4, -0.2) is 0 Å². The monoisotopic (exact) mass is 508 g/mol. The van der Waals surface area contributed by atoms with Crippen molar-refractivity contribution in [3.05, 3.63) is 130 Å². The third-order valence-electron chi connectivity index (χ3n) is 5.73. The van der Waals surface area contributed by atoms with Crippen LogP contribution in [0.1, 0.15) is 74.9 Å². The molecule has 0 nitrogen and oxygen atoms in total. The van der Waals surface area contributed by atoms with Gasteiger partial charge in [0.15, 0.2) is 0 Å². The molecule has 0 aromatic heterocycles. The first-order chi connectivity index (χ1) is 18.3. The third kappa shape index (κ3) is 11.8. The van der Waals surface area contributed by atoms with Crippen LogP contribution in [0.15, 0.2) is 97.1 Å². The van der Waals surface area contributed by atoms with E-state index in [4.69, 9.17) is 0 Å². The highest BCUT2D eigenvalue weighted by Crippen LogP contribution is 2.21. The second-order valence-electron chi connectivity index (χ2n) is 8.75. The van der Waals surface area contributed by atoms with E-state index >= 15 is 0 Å². The largest absolute Gasteiger partial charge is 0.0683 e. The molecule has 0 N–H and O–H groups in total. The molecule has 5 rings (SSSR count). The van der Waals surface area contributed by atoms with Gasteiger partial charge in [-0.25, -0.2) is 0 Å². The topological polar surface area (TPSA) is 0 Å². The lowest BCUT2D eigenvalue weighted by atomic mass is 10.0. The Hall–Kier alpha value is -3.38. The van der Waals surface area contributed by atoms with E-state index in [-0.39, 0.29) is 0 Å². The quantitative estimate of drug-likeness (QED) is 0.195. The van der Waals surface area contributed by atoms with Crippen molar-refractivity contribution in [3.8, 4) is 0 Å². The molecule has 0 unspecified atom stereocenters. The standard InChI is InChI=1S/2C12H12.C8H10.3C2H6/c1-9-3-5-12-8-10(2)4-6-11(12)7-9;1-9-7-8-10(2)12-6-4-3-5-11(9)12;1-7-3-5-8(2)6-4-7;3*1-2/h2*3-8H,1-2H3;3-6H,1-2H3;3*1-2H3. The smallest absolute Gasteiger partial charge is 0.0152 e. The van der Waals surface area contributed by atoms with Crippen molar-refractivity contribution in [1.82, 2.24) is 0 Å². The molecule has 0 aliphatic rings. The second-order valence-corrected chi connectivity index (χ2v) is 8.75. The Labute approximate surface area is 234 Å². The molecule has 0 spiro atoms. The summed E-state index contributed by atoms with van der Waals surface area (Å²) < 4.78 is 0. The van der Waals surface area contributed by atoms with E-state index in [1.54, 1.807) is 0 Å². The Morgan fingerprint density at radius 2 is 0.605 bits per heavy atom. The van der Waals surface area contributed by atoms with E-state index in [1.807, 2.05) is 41.5 Å². The van der Waals surface area contributed by atoms with Crippen molar-refractivity contribution in [2.45, 2.75) is 83.1 Å². The first-order valence-electron chi connectivity index (χ1n) is 14.3. The van der Waals surface area contributed by atoms with Crippen molar-refractivity contribution in [2.24, 2.45) is 0 Å². The van der Waals surface area contributed by atoms with Crippen molar-refractivity contribution < 1.29 is 0 Å². The summed E-state index contributed by atoms with van der Waals surface area (Å²) in [5.74, 6) is 0. The van der Waals surface area contributed by atoms with Gasteiger partial charge in [0.2, 0.25) is 0 Å². The average Bonchev–Trinajstić information content (AvgIpc) is 2.97. The lowest BCUT2D eigenvalue weighted by Gasteiger charge is -2.03. The molecule has 0 bridgehead atoms. The van der Waals surface area contributed by atoms with E-state index in [9.17, 15) is 0 Å². The van der Waals surface area contributed by atoms with Gasteiger partial charge in [0.1, 0.15) is 0 Å². The van der Waals surface area contributed by atoms with E-state index in [2.05, 4.69) is 139 Å². The maximum absolute atomic E-state index is 2.22. The molecule has 0 heterocycles. The Kier molecular flexibility index (Phi) is 17.9. The molecule has 0 amide bonds. The minimum Gasteiger partial charge on any atom is -0.0683 e. The van der Waals surface area contributed by atoms with Gasteiger partial charge in [0.25, 0.3) is 0 Å². The van der Waals surface area contributed by atoms with Gasteiger partial charge in [-0.15, -0.1) is 0 Å². The van der Waals surface area contributed by atoms with Crippen LogP contribution in [0.5, 0.6) is 0 Å². The van der Waals surface area contributed by atoms with E-state index in [0.29, 0.717) is 0 Å². The van der Waals surface area contributed by atoms with Crippen LogP contribution in [0.25, 0.3) is 21.5 Å². The summed E-state index contributed by atoms with van der Waals surface area (Å²) in [5.41, 5.74) is 8.02. The van der Waals surface area contributed by atoms with Gasteiger partial charge in [-0.3, -0.25) is 0 Å². The lowest BCUT2D eigenvalue weighted by molar-refractivity contribution is 1.40. The van der Waals surface area contributed by atoms with Crippen LogP contribution >= 0.6 is 0 Å². The molecule has 0 aliphatic carbocycles. The summed E-state index contributed by atoms with van der Waals surface area (Å²) in [4.78, 5) is 0. The van der Waals surface area contributed by atoms with Crippen molar-refractivity contribution >= 4 is 21.5 Å². The third-order valence-corrected chi connectivity index (χ3v) is 5.73. The second kappa shape index (κ2) is 19.7. The molecule has 5 aromatic carbocycles. The van der Waals surface area contributed by atoms with Crippen LogP contribution in [0.4, 0.5) is 0 Å². The minimum absolute atomic E-state index is 1.33. The number of aryl methyl sites for hydroxylation is 6. The molecule has 0 radical (unpaired) electrons. The molecule has 0 saturated heterocycles. The molecule has 5 aromatic rings. The zero-order valence-corrected chi connectivity index (χ0v) is 26.2. The molecule has 0 atom stereocenters. The van der Waals surface area contributed by atoms with Crippen molar-refractivity contribution in [2.75, 3.05) is 0 Å². The minimum atomic E-state index is 1.33. The van der Waals surface area contributed by atoms with Crippen LogP contribution in [0.3, 0.4) is 0 Å². The molecule has 38 heavy (non-hydrogen) atoms. The molecule has 204 valence electrons. The van der Waals surface area contributed by atoms with Crippen LogP contribution in [0.2, 0.25) is 0 Å². The van der Waals surface area contributed by atoms with Crippen molar-refractivity contribution in [1.29, 1.82) is 0 Å². The predicted octanol–water partition coefficient (Wildman–Crippen LogP) is 12.3.